The summed E-state index contributed by atoms with van der Waals surface area (Å²) in [7, 11) is 0. The van der Waals surface area contributed by atoms with Crippen LogP contribution < -0.4 is 5.32 Å². The molecule has 0 unspecified atom stereocenters. The molecule has 138 valence electrons. The molecule has 1 N–H and O–H groups in total. The average molecular weight is 366 g/mol. The fourth-order valence-corrected chi connectivity index (χ4v) is 2.96. The van der Waals surface area contributed by atoms with E-state index in [1.54, 1.807) is 13.1 Å². The molecule has 2 aliphatic heterocycles. The first-order valence-corrected chi connectivity index (χ1v) is 8.20. The lowest BCUT2D eigenvalue weighted by molar-refractivity contribution is -0.141. The summed E-state index contributed by atoms with van der Waals surface area (Å²) >= 11 is 0. The van der Waals surface area contributed by atoms with Crippen molar-refractivity contribution in [3.05, 3.63) is 35.3 Å². The number of alkyl halides is 3. The van der Waals surface area contributed by atoms with Gasteiger partial charge < -0.3 is 15.0 Å². The van der Waals surface area contributed by atoms with Crippen LogP contribution in [0, 0.1) is 6.92 Å². The van der Waals surface area contributed by atoms with Crippen molar-refractivity contribution in [2.24, 2.45) is 4.99 Å². The van der Waals surface area contributed by atoms with Gasteiger partial charge in [0.2, 0.25) is 5.96 Å². The second-order valence-corrected chi connectivity index (χ2v) is 6.16. The molecule has 1 fully saturated rings. The summed E-state index contributed by atoms with van der Waals surface area (Å²) in [6.45, 7) is 4.97. The Bertz CT molecular complexity index is 854. The summed E-state index contributed by atoms with van der Waals surface area (Å²) in [6, 6.07) is 1.02. The lowest BCUT2D eigenvalue weighted by atomic mass is 10.2. The number of hydrogen-bond donors (Lipinski definition) is 1. The maximum absolute atomic E-state index is 12.8. The Hall–Kier alpha value is -2.62. The third-order valence-corrected chi connectivity index (χ3v) is 4.35. The molecule has 0 spiro atoms. The first-order chi connectivity index (χ1) is 12.4. The molecule has 10 heteroatoms. The van der Waals surface area contributed by atoms with Crippen LogP contribution in [0.2, 0.25) is 0 Å². The fourth-order valence-electron chi connectivity index (χ4n) is 2.96. The third-order valence-electron chi connectivity index (χ3n) is 4.35. The summed E-state index contributed by atoms with van der Waals surface area (Å²) in [5.74, 6) is 1.30. The second kappa shape index (κ2) is 6.27. The summed E-state index contributed by atoms with van der Waals surface area (Å²) in [6.07, 6.45) is -1.51. The number of aliphatic imine (C=N–C) groups is 1. The van der Waals surface area contributed by atoms with Gasteiger partial charge in [0.25, 0.3) is 0 Å². The van der Waals surface area contributed by atoms with Crippen LogP contribution in [0.3, 0.4) is 0 Å². The molecule has 0 radical (unpaired) electrons. The Labute approximate surface area is 147 Å². The van der Waals surface area contributed by atoms with E-state index in [-0.39, 0.29) is 0 Å². The van der Waals surface area contributed by atoms with Crippen molar-refractivity contribution in [2.45, 2.75) is 19.6 Å². The topological polar surface area (TPSA) is 67.6 Å². The summed E-state index contributed by atoms with van der Waals surface area (Å²) in [5.41, 5.74) is 0.902. The highest BCUT2D eigenvalue weighted by Gasteiger charge is 2.33. The van der Waals surface area contributed by atoms with Crippen molar-refractivity contribution in [3.8, 4) is 5.69 Å². The highest BCUT2D eigenvalue weighted by Crippen LogP contribution is 2.30. The van der Waals surface area contributed by atoms with Gasteiger partial charge in [-0.05, 0) is 18.6 Å². The van der Waals surface area contributed by atoms with Crippen LogP contribution in [0.25, 0.3) is 5.69 Å². The average Bonchev–Trinajstić information content (AvgIpc) is 3.04. The molecular formula is C16H17F3N6O. The van der Waals surface area contributed by atoms with E-state index in [4.69, 9.17) is 4.74 Å². The van der Waals surface area contributed by atoms with E-state index in [0.29, 0.717) is 36.8 Å². The van der Waals surface area contributed by atoms with Crippen molar-refractivity contribution in [1.82, 2.24) is 25.0 Å². The Balaban J connectivity index is 1.63. The minimum absolute atomic E-state index is 0.442. The molecule has 7 nitrogen and oxygen atoms in total. The van der Waals surface area contributed by atoms with Crippen LogP contribution in [0.4, 0.5) is 19.0 Å². The lowest BCUT2D eigenvalue weighted by Gasteiger charge is -2.31. The minimum atomic E-state index is -4.46. The van der Waals surface area contributed by atoms with Crippen molar-refractivity contribution >= 4 is 11.8 Å². The molecule has 4 rings (SSSR count). The summed E-state index contributed by atoms with van der Waals surface area (Å²) in [5, 5.41) is 7.68. The van der Waals surface area contributed by atoms with Gasteiger partial charge in [-0.1, -0.05) is 0 Å². The highest BCUT2D eigenvalue weighted by molar-refractivity contribution is 5.84. The lowest BCUT2D eigenvalue weighted by Crippen LogP contribution is -2.47. The van der Waals surface area contributed by atoms with Gasteiger partial charge in [-0.25, -0.2) is 9.67 Å². The van der Waals surface area contributed by atoms with Gasteiger partial charge >= 0.3 is 6.18 Å². The molecule has 0 amide bonds. The Morgan fingerprint density at radius 1 is 1.23 bits per heavy atom. The van der Waals surface area contributed by atoms with E-state index in [0.717, 1.165) is 30.7 Å². The van der Waals surface area contributed by atoms with E-state index < -0.39 is 11.9 Å². The van der Waals surface area contributed by atoms with Crippen LogP contribution >= 0.6 is 0 Å². The number of aryl methyl sites for hydroxylation is 1. The van der Waals surface area contributed by atoms with Crippen LogP contribution in [-0.2, 0) is 17.5 Å². The highest BCUT2D eigenvalue weighted by atomic mass is 19.4. The minimum Gasteiger partial charge on any atom is -0.378 e. The number of ether oxygens (including phenoxy) is 1. The molecule has 0 aliphatic carbocycles. The van der Waals surface area contributed by atoms with Crippen molar-refractivity contribution in [1.29, 1.82) is 0 Å². The van der Waals surface area contributed by atoms with Crippen LogP contribution in [0.5, 0.6) is 0 Å². The normalized spacial score (nSPS) is 17.5. The summed E-state index contributed by atoms with van der Waals surface area (Å²) < 4.78 is 45.2. The van der Waals surface area contributed by atoms with E-state index in [1.807, 2.05) is 0 Å². The van der Waals surface area contributed by atoms with E-state index in [1.165, 1.54) is 10.9 Å². The predicted molar refractivity (Wildman–Crippen MR) is 87.4 cm³/mol. The molecule has 0 aromatic carbocycles. The first kappa shape index (κ1) is 16.8. The van der Waals surface area contributed by atoms with Crippen molar-refractivity contribution in [3.63, 3.8) is 0 Å². The van der Waals surface area contributed by atoms with Crippen LogP contribution in [0.15, 0.2) is 23.5 Å². The molecule has 4 heterocycles. The zero-order valence-electron chi connectivity index (χ0n) is 14.0. The van der Waals surface area contributed by atoms with Gasteiger partial charge in [0.05, 0.1) is 25.1 Å². The largest absolute Gasteiger partial charge is 0.433 e. The maximum Gasteiger partial charge on any atom is 0.433 e. The zero-order chi connectivity index (χ0) is 18.3. The van der Waals surface area contributed by atoms with Crippen LogP contribution in [-0.4, -0.2) is 51.9 Å². The van der Waals surface area contributed by atoms with Gasteiger partial charge in [-0.3, -0.25) is 0 Å². The second-order valence-electron chi connectivity index (χ2n) is 6.16. The predicted octanol–water partition coefficient (Wildman–Crippen LogP) is 2.02. The zero-order valence-corrected chi connectivity index (χ0v) is 14.0. The number of nitrogens with zero attached hydrogens (tertiary/aromatic N) is 5. The molecule has 2 aromatic heterocycles. The quantitative estimate of drug-likeness (QED) is 0.836. The van der Waals surface area contributed by atoms with Crippen molar-refractivity contribution < 1.29 is 17.9 Å². The number of fused-ring (bicyclic) bond motifs is 1. The van der Waals surface area contributed by atoms with E-state index in [2.05, 4.69) is 25.3 Å². The Morgan fingerprint density at radius 2 is 2.00 bits per heavy atom. The number of morpholine rings is 1. The van der Waals surface area contributed by atoms with Gasteiger partial charge in [-0.15, -0.1) is 5.10 Å². The maximum atomic E-state index is 12.8. The number of guanidine groups is 1. The molecular weight excluding hydrogens is 349 g/mol. The Morgan fingerprint density at radius 3 is 2.69 bits per heavy atom. The molecule has 0 saturated carbocycles. The number of aromatic nitrogens is 3. The number of halogens is 3. The summed E-state index contributed by atoms with van der Waals surface area (Å²) in [4.78, 5) is 10.2. The fraction of sp³-hybridized carbons (Fsp3) is 0.438. The third kappa shape index (κ3) is 3.12. The molecule has 0 bridgehead atoms. The number of hydrogen-bond acceptors (Lipinski definition) is 6. The van der Waals surface area contributed by atoms with Gasteiger partial charge in [0.15, 0.2) is 5.82 Å². The molecule has 0 atom stereocenters. The van der Waals surface area contributed by atoms with Crippen molar-refractivity contribution in [2.75, 3.05) is 26.3 Å². The molecule has 1 saturated heterocycles. The van der Waals surface area contributed by atoms with E-state index in [9.17, 15) is 13.2 Å². The SMILES string of the molecule is Cc1cc(C(F)(F)F)ncc1-n1cc2c(n1)N=C(N1CCOCC1)NC2. The molecule has 2 aliphatic rings. The van der Waals surface area contributed by atoms with Gasteiger partial charge in [0.1, 0.15) is 5.69 Å². The first-order valence-electron chi connectivity index (χ1n) is 8.20. The van der Waals surface area contributed by atoms with Crippen LogP contribution in [0.1, 0.15) is 16.8 Å². The van der Waals surface area contributed by atoms with Gasteiger partial charge in [0, 0.05) is 31.4 Å². The van der Waals surface area contributed by atoms with Gasteiger partial charge in [-0.2, -0.15) is 18.2 Å². The number of pyridine rings is 1. The number of rotatable bonds is 1. The standard InChI is InChI=1S/C16H17F3N6O/c1-10-6-13(16(17,18)19)20-8-12(10)25-9-11-7-21-15(22-14(11)23-25)24-2-4-26-5-3-24/h6,8-9H,2-5,7H2,1H3,(H,21,22,23). The Kier molecular flexibility index (Phi) is 4.06. The molecule has 2 aromatic rings. The monoisotopic (exact) mass is 366 g/mol. The smallest absolute Gasteiger partial charge is 0.378 e. The van der Waals surface area contributed by atoms with E-state index >= 15 is 0 Å². The molecule has 26 heavy (non-hydrogen) atoms. The number of nitrogens with one attached hydrogen (secondary N) is 1.